The van der Waals surface area contributed by atoms with Gasteiger partial charge in [-0.2, -0.15) is 0 Å². The largest absolute Gasteiger partial charge is 0.508 e. The Morgan fingerprint density at radius 3 is 2.96 bits per heavy atom. The van der Waals surface area contributed by atoms with Gasteiger partial charge in [0.2, 0.25) is 0 Å². The number of aromatic nitrogens is 2. The molecule has 3 rings (SSSR count). The third kappa shape index (κ3) is 3.69. The summed E-state index contributed by atoms with van der Waals surface area (Å²) >= 11 is 0. The van der Waals surface area contributed by atoms with Gasteiger partial charge in [-0.25, -0.2) is 4.98 Å². The van der Waals surface area contributed by atoms with Crippen LogP contribution in [0.15, 0.2) is 23.0 Å². The van der Waals surface area contributed by atoms with Crippen molar-refractivity contribution in [3.8, 4) is 5.75 Å². The molecule has 1 aliphatic heterocycles. The Morgan fingerprint density at radius 2 is 2.24 bits per heavy atom. The van der Waals surface area contributed by atoms with E-state index in [0.29, 0.717) is 37.2 Å². The number of nitro groups is 1. The summed E-state index contributed by atoms with van der Waals surface area (Å²) in [6, 6.07) is 3.97. The fourth-order valence-electron chi connectivity index (χ4n) is 3.08. The second-order valence-electron chi connectivity index (χ2n) is 6.22. The molecule has 0 aliphatic carbocycles. The van der Waals surface area contributed by atoms with E-state index in [-0.39, 0.29) is 17.0 Å². The number of phenols is 1. The summed E-state index contributed by atoms with van der Waals surface area (Å²) in [7, 11) is 0. The normalized spacial score (nSPS) is 14.3. The predicted molar refractivity (Wildman–Crippen MR) is 91.4 cm³/mol. The number of nitro benzene ring substituents is 1. The molecule has 1 aromatic carbocycles. The molecule has 8 nitrogen and oxygen atoms in total. The number of fused-ring (bicyclic) bond motifs is 1. The molecule has 0 spiro atoms. The zero-order valence-corrected chi connectivity index (χ0v) is 14.0. The first kappa shape index (κ1) is 17.1. The van der Waals surface area contributed by atoms with Crippen molar-refractivity contribution < 1.29 is 10.0 Å². The van der Waals surface area contributed by atoms with Gasteiger partial charge in [0.15, 0.2) is 0 Å². The topological polar surface area (TPSA) is 112 Å². The van der Waals surface area contributed by atoms with Crippen molar-refractivity contribution in [1.82, 2.24) is 14.9 Å². The van der Waals surface area contributed by atoms with Gasteiger partial charge in [-0.1, -0.05) is 6.92 Å². The van der Waals surface area contributed by atoms with E-state index in [1.807, 2.05) is 11.8 Å². The molecule has 0 unspecified atom stereocenters. The van der Waals surface area contributed by atoms with Crippen LogP contribution in [0.25, 0.3) is 0 Å². The van der Waals surface area contributed by atoms with Crippen LogP contribution in [-0.2, 0) is 25.9 Å². The molecule has 0 bridgehead atoms. The highest BCUT2D eigenvalue weighted by atomic mass is 16.6. The number of aromatic hydroxyl groups is 1. The molecule has 1 aromatic heterocycles. The summed E-state index contributed by atoms with van der Waals surface area (Å²) in [6.45, 7) is 3.46. The lowest BCUT2D eigenvalue weighted by Crippen LogP contribution is -2.35. The van der Waals surface area contributed by atoms with Gasteiger partial charge in [-0.15, -0.1) is 0 Å². The maximum absolute atomic E-state index is 12.3. The molecule has 0 fully saturated rings. The smallest absolute Gasteiger partial charge is 0.270 e. The van der Waals surface area contributed by atoms with Crippen LogP contribution >= 0.6 is 0 Å². The third-order valence-electron chi connectivity index (χ3n) is 4.35. The van der Waals surface area contributed by atoms with Crippen LogP contribution < -0.4 is 5.56 Å². The van der Waals surface area contributed by atoms with Crippen LogP contribution in [0.4, 0.5) is 5.69 Å². The summed E-state index contributed by atoms with van der Waals surface area (Å²) in [5.41, 5.74) is 1.75. The Labute approximate surface area is 144 Å². The highest BCUT2D eigenvalue weighted by Crippen LogP contribution is 2.26. The van der Waals surface area contributed by atoms with Crippen molar-refractivity contribution in [2.45, 2.75) is 39.3 Å². The summed E-state index contributed by atoms with van der Waals surface area (Å²) in [6.07, 6.45) is 2.30. The minimum atomic E-state index is -0.488. The van der Waals surface area contributed by atoms with Crippen molar-refractivity contribution in [2.24, 2.45) is 0 Å². The van der Waals surface area contributed by atoms with E-state index in [4.69, 9.17) is 0 Å². The number of aryl methyl sites for hydroxylation is 1. The third-order valence-corrected chi connectivity index (χ3v) is 4.35. The van der Waals surface area contributed by atoms with Gasteiger partial charge in [0.05, 0.1) is 16.2 Å². The molecule has 0 atom stereocenters. The number of aromatic amines is 1. The summed E-state index contributed by atoms with van der Waals surface area (Å²) < 4.78 is 0. The van der Waals surface area contributed by atoms with Gasteiger partial charge in [0, 0.05) is 50.2 Å². The number of benzene rings is 1. The Balaban J connectivity index is 1.81. The van der Waals surface area contributed by atoms with Crippen LogP contribution in [0.1, 0.15) is 36.0 Å². The van der Waals surface area contributed by atoms with Crippen molar-refractivity contribution in [3.63, 3.8) is 0 Å². The molecule has 25 heavy (non-hydrogen) atoms. The lowest BCUT2D eigenvalue weighted by molar-refractivity contribution is -0.385. The van der Waals surface area contributed by atoms with E-state index < -0.39 is 4.92 Å². The Hall–Kier alpha value is -2.74. The predicted octanol–water partition coefficient (Wildman–Crippen LogP) is 1.89. The molecule has 8 heteroatoms. The average Bonchev–Trinajstić information content (AvgIpc) is 2.57. The maximum Gasteiger partial charge on any atom is 0.270 e. The van der Waals surface area contributed by atoms with Crippen LogP contribution in [0.2, 0.25) is 0 Å². The first-order valence-corrected chi connectivity index (χ1v) is 8.27. The monoisotopic (exact) mass is 344 g/mol. The molecule has 0 radical (unpaired) electrons. The van der Waals surface area contributed by atoms with E-state index >= 15 is 0 Å². The Bertz CT molecular complexity index is 862. The number of rotatable bonds is 5. The molecule has 0 amide bonds. The molecular formula is C17H20N4O4. The van der Waals surface area contributed by atoms with Crippen molar-refractivity contribution in [1.29, 1.82) is 0 Å². The van der Waals surface area contributed by atoms with Gasteiger partial charge in [0.1, 0.15) is 11.6 Å². The Kier molecular flexibility index (Phi) is 4.80. The van der Waals surface area contributed by atoms with Gasteiger partial charge in [-0.3, -0.25) is 19.8 Å². The molecule has 2 aromatic rings. The second-order valence-corrected chi connectivity index (χ2v) is 6.22. The number of non-ortho nitro benzene ring substituents is 1. The van der Waals surface area contributed by atoms with Crippen molar-refractivity contribution >= 4 is 5.69 Å². The standard InChI is InChI=1S/C17H20N4O4/c1-2-3-16-18-14-6-7-20(10-13(14)17(23)19-16)9-11-8-12(21(24)25)4-5-15(11)22/h4-5,8,22H,2-3,6-7,9-10H2,1H3,(H,18,19,23). The summed E-state index contributed by atoms with van der Waals surface area (Å²) in [4.78, 5) is 32.1. The van der Waals surface area contributed by atoms with Crippen LogP contribution in [-0.4, -0.2) is 31.4 Å². The first-order chi connectivity index (χ1) is 12.0. The summed E-state index contributed by atoms with van der Waals surface area (Å²) in [5, 5.41) is 20.9. The van der Waals surface area contributed by atoms with E-state index in [2.05, 4.69) is 9.97 Å². The lowest BCUT2D eigenvalue weighted by Gasteiger charge is -2.27. The molecule has 1 aliphatic rings. The van der Waals surface area contributed by atoms with Crippen LogP contribution in [0.3, 0.4) is 0 Å². The summed E-state index contributed by atoms with van der Waals surface area (Å²) in [5.74, 6) is 0.734. The van der Waals surface area contributed by atoms with E-state index in [1.165, 1.54) is 18.2 Å². The number of hydrogen-bond donors (Lipinski definition) is 2. The molecule has 2 N–H and O–H groups in total. The lowest BCUT2D eigenvalue weighted by atomic mass is 10.1. The maximum atomic E-state index is 12.3. The number of phenolic OH excluding ortho intramolecular Hbond substituents is 1. The highest BCUT2D eigenvalue weighted by molar-refractivity contribution is 5.43. The minimum Gasteiger partial charge on any atom is -0.508 e. The first-order valence-electron chi connectivity index (χ1n) is 8.27. The number of H-pyrrole nitrogens is 1. The van der Waals surface area contributed by atoms with Crippen molar-refractivity contribution in [3.05, 3.63) is 61.3 Å². The quantitative estimate of drug-likeness (QED) is 0.633. The molecular weight excluding hydrogens is 324 g/mol. The molecule has 2 heterocycles. The average molecular weight is 344 g/mol. The van der Waals surface area contributed by atoms with E-state index in [9.17, 15) is 20.0 Å². The molecule has 0 saturated heterocycles. The zero-order chi connectivity index (χ0) is 18.0. The number of nitrogens with one attached hydrogen (secondary N) is 1. The number of hydrogen-bond acceptors (Lipinski definition) is 6. The highest BCUT2D eigenvalue weighted by Gasteiger charge is 2.22. The van der Waals surface area contributed by atoms with Gasteiger partial charge in [-0.05, 0) is 12.5 Å². The number of nitrogens with zero attached hydrogens (tertiary/aromatic N) is 3. The molecule has 0 saturated carbocycles. The fraction of sp³-hybridized carbons (Fsp3) is 0.412. The van der Waals surface area contributed by atoms with Gasteiger partial charge < -0.3 is 10.1 Å². The minimum absolute atomic E-state index is 0.0155. The Morgan fingerprint density at radius 1 is 1.44 bits per heavy atom. The molecule has 132 valence electrons. The van der Waals surface area contributed by atoms with Gasteiger partial charge in [0.25, 0.3) is 11.2 Å². The zero-order valence-electron chi connectivity index (χ0n) is 14.0. The SMILES string of the molecule is CCCc1nc2c(c(=O)[nH]1)CN(Cc1cc([N+](=O)[O-])ccc1O)CC2. The van der Waals surface area contributed by atoms with Crippen LogP contribution in [0.5, 0.6) is 5.75 Å². The van der Waals surface area contributed by atoms with Gasteiger partial charge >= 0.3 is 0 Å². The fourth-order valence-corrected chi connectivity index (χ4v) is 3.08. The van der Waals surface area contributed by atoms with Crippen LogP contribution in [0, 0.1) is 10.1 Å². The van der Waals surface area contributed by atoms with Crippen molar-refractivity contribution in [2.75, 3.05) is 6.54 Å². The van der Waals surface area contributed by atoms with E-state index in [1.54, 1.807) is 0 Å². The second kappa shape index (κ2) is 7.02. The van der Waals surface area contributed by atoms with E-state index in [0.717, 1.165) is 24.4 Å².